The highest BCUT2D eigenvalue weighted by Gasteiger charge is 2.20. The summed E-state index contributed by atoms with van der Waals surface area (Å²) in [6.07, 6.45) is 0. The number of fused-ring (bicyclic) bond motifs is 1. The Kier molecular flexibility index (Phi) is 4.55. The van der Waals surface area contributed by atoms with Crippen LogP contribution < -0.4 is 4.90 Å². The molecule has 0 amide bonds. The van der Waals surface area contributed by atoms with Gasteiger partial charge in [0.2, 0.25) is 5.13 Å². The molecule has 1 N–H and O–H groups in total. The number of benzene rings is 2. The van der Waals surface area contributed by atoms with Crippen molar-refractivity contribution < 1.29 is 13.0 Å². The van der Waals surface area contributed by atoms with E-state index in [-0.39, 0.29) is 10.6 Å². The van der Waals surface area contributed by atoms with Crippen molar-refractivity contribution in [2.24, 2.45) is 10.2 Å². The Morgan fingerprint density at radius 2 is 1.88 bits per heavy atom. The number of para-hydroxylation sites is 1. The van der Waals surface area contributed by atoms with Gasteiger partial charge in [0.15, 0.2) is 0 Å². The highest BCUT2D eigenvalue weighted by atomic mass is 32.2. The van der Waals surface area contributed by atoms with Crippen LogP contribution in [0.15, 0.2) is 51.5 Å². The zero-order valence-electron chi connectivity index (χ0n) is 13.8. The van der Waals surface area contributed by atoms with Crippen LogP contribution in [-0.4, -0.2) is 32.0 Å². The molecule has 0 unspecified atom stereocenters. The number of anilines is 1. The molecule has 0 aliphatic rings. The minimum absolute atomic E-state index is 0.104. The number of rotatable bonds is 4. The van der Waals surface area contributed by atoms with Crippen molar-refractivity contribution in [3.8, 4) is 0 Å². The van der Waals surface area contributed by atoms with Crippen LogP contribution in [0.25, 0.3) is 10.2 Å². The highest BCUT2D eigenvalue weighted by molar-refractivity contribution is 7.86. The molecule has 7 nitrogen and oxygen atoms in total. The summed E-state index contributed by atoms with van der Waals surface area (Å²) >= 11 is 1.35. The van der Waals surface area contributed by atoms with Gasteiger partial charge < -0.3 is 4.90 Å². The molecule has 0 bridgehead atoms. The quantitative estimate of drug-likeness (QED) is 0.540. The molecule has 0 saturated heterocycles. The summed E-state index contributed by atoms with van der Waals surface area (Å²) in [6.45, 7) is 1.72. The van der Waals surface area contributed by atoms with Crippen molar-refractivity contribution in [2.45, 2.75) is 11.8 Å². The maximum atomic E-state index is 11.8. The van der Waals surface area contributed by atoms with Gasteiger partial charge in [-0.2, -0.15) is 8.42 Å². The summed E-state index contributed by atoms with van der Waals surface area (Å²) in [6, 6.07) is 10.7. The Hall–Kier alpha value is -2.36. The summed E-state index contributed by atoms with van der Waals surface area (Å²) < 4.78 is 34.0. The van der Waals surface area contributed by atoms with Crippen LogP contribution in [0.1, 0.15) is 5.56 Å². The molecule has 1 aromatic heterocycles. The fourth-order valence-electron chi connectivity index (χ4n) is 2.31. The zero-order chi connectivity index (χ0) is 18.2. The maximum Gasteiger partial charge on any atom is 0.296 e. The van der Waals surface area contributed by atoms with Crippen molar-refractivity contribution in [2.75, 3.05) is 19.0 Å². The van der Waals surface area contributed by atoms with Crippen molar-refractivity contribution in [1.82, 2.24) is 4.98 Å². The third kappa shape index (κ3) is 3.68. The number of aromatic nitrogens is 1. The number of hydrogen-bond acceptors (Lipinski definition) is 7. The largest absolute Gasteiger partial charge is 0.378 e. The first-order chi connectivity index (χ1) is 11.8. The van der Waals surface area contributed by atoms with Crippen LogP contribution >= 0.6 is 11.3 Å². The molecule has 3 rings (SSSR count). The molecule has 9 heteroatoms. The number of azo groups is 1. The molecule has 0 fully saturated rings. The van der Waals surface area contributed by atoms with Crippen LogP contribution in [-0.2, 0) is 10.1 Å². The van der Waals surface area contributed by atoms with Crippen LogP contribution in [0, 0.1) is 6.92 Å². The topological polar surface area (TPSA) is 95.2 Å². The van der Waals surface area contributed by atoms with E-state index >= 15 is 0 Å². The third-order valence-corrected chi connectivity index (χ3v) is 5.35. The molecule has 2 aromatic carbocycles. The molecule has 0 aliphatic carbocycles. The Labute approximate surface area is 149 Å². The minimum atomic E-state index is -4.44. The van der Waals surface area contributed by atoms with E-state index < -0.39 is 10.1 Å². The van der Waals surface area contributed by atoms with Crippen molar-refractivity contribution in [1.29, 1.82) is 0 Å². The summed E-state index contributed by atoms with van der Waals surface area (Å²) in [5, 5.41) is 8.54. The predicted octanol–water partition coefficient (Wildman–Crippen LogP) is 4.33. The first-order valence-corrected chi connectivity index (χ1v) is 9.58. The van der Waals surface area contributed by atoms with Gasteiger partial charge in [-0.1, -0.05) is 23.5 Å². The second-order valence-corrected chi connectivity index (χ2v) is 8.04. The first-order valence-electron chi connectivity index (χ1n) is 7.32. The second kappa shape index (κ2) is 6.51. The highest BCUT2D eigenvalue weighted by Crippen LogP contribution is 2.35. The maximum absolute atomic E-state index is 11.8. The molecule has 130 valence electrons. The monoisotopic (exact) mass is 376 g/mol. The van der Waals surface area contributed by atoms with E-state index in [4.69, 9.17) is 0 Å². The van der Waals surface area contributed by atoms with Gasteiger partial charge >= 0.3 is 0 Å². The molecular weight excluding hydrogens is 360 g/mol. The van der Waals surface area contributed by atoms with Gasteiger partial charge in [0.25, 0.3) is 10.1 Å². The molecule has 25 heavy (non-hydrogen) atoms. The van der Waals surface area contributed by atoms with Crippen LogP contribution in [0.2, 0.25) is 0 Å². The van der Waals surface area contributed by atoms with Gasteiger partial charge in [-0.05, 0) is 36.8 Å². The Balaban J connectivity index is 2.09. The van der Waals surface area contributed by atoms with Gasteiger partial charge in [-0.15, -0.1) is 10.2 Å². The molecule has 0 atom stereocenters. The lowest BCUT2D eigenvalue weighted by Gasteiger charge is -2.15. The summed E-state index contributed by atoms with van der Waals surface area (Å²) in [5.74, 6) is 0. The fourth-order valence-corrected chi connectivity index (χ4v) is 3.81. The van der Waals surface area contributed by atoms with Crippen molar-refractivity contribution in [3.63, 3.8) is 0 Å². The van der Waals surface area contributed by atoms with Gasteiger partial charge in [0, 0.05) is 19.8 Å². The molecule has 0 saturated carbocycles. The minimum Gasteiger partial charge on any atom is -0.378 e. The second-order valence-electron chi connectivity index (χ2n) is 5.64. The smallest absolute Gasteiger partial charge is 0.296 e. The molecule has 3 aromatic rings. The first kappa shape index (κ1) is 17.5. The van der Waals surface area contributed by atoms with E-state index in [1.54, 1.807) is 32.0 Å². The average Bonchev–Trinajstić information content (AvgIpc) is 2.94. The lowest BCUT2D eigenvalue weighted by molar-refractivity contribution is 0.483. The summed E-state index contributed by atoms with van der Waals surface area (Å²) in [4.78, 5) is 5.80. The van der Waals surface area contributed by atoms with Crippen molar-refractivity contribution >= 4 is 48.2 Å². The van der Waals surface area contributed by atoms with E-state index in [0.29, 0.717) is 16.4 Å². The molecule has 0 spiro atoms. The standard InChI is InChI=1S/C16H16N4O3S2/c1-10-8-11(20(2)3)9-14(25(21,22)23)15(10)18-19-16-17-12-6-4-5-7-13(12)24-16/h4-9H,1-3H3,(H,21,22,23). The number of hydrogen-bond donors (Lipinski definition) is 1. The predicted molar refractivity (Wildman–Crippen MR) is 99.1 cm³/mol. The van der Waals surface area contributed by atoms with E-state index in [1.807, 2.05) is 24.3 Å². The molecule has 0 radical (unpaired) electrons. The van der Waals surface area contributed by atoms with Crippen molar-refractivity contribution in [3.05, 3.63) is 42.0 Å². The zero-order valence-corrected chi connectivity index (χ0v) is 15.5. The SMILES string of the molecule is Cc1cc(N(C)C)cc(S(=O)(=O)O)c1N=Nc1nc2ccccc2s1. The van der Waals surface area contributed by atoms with Gasteiger partial charge in [-0.3, -0.25) is 4.55 Å². The lowest BCUT2D eigenvalue weighted by Crippen LogP contribution is -2.10. The van der Waals surface area contributed by atoms with E-state index in [2.05, 4.69) is 15.2 Å². The number of aryl methyl sites for hydroxylation is 1. The Bertz CT molecular complexity index is 1040. The Morgan fingerprint density at radius 3 is 2.52 bits per heavy atom. The number of nitrogens with zero attached hydrogens (tertiary/aromatic N) is 4. The van der Waals surface area contributed by atoms with E-state index in [9.17, 15) is 13.0 Å². The van der Waals surface area contributed by atoms with Crippen LogP contribution in [0.3, 0.4) is 0 Å². The van der Waals surface area contributed by atoms with Crippen LogP contribution in [0.5, 0.6) is 0 Å². The molecular formula is C16H16N4O3S2. The van der Waals surface area contributed by atoms with Gasteiger partial charge in [0.1, 0.15) is 10.6 Å². The summed E-state index contributed by atoms with van der Waals surface area (Å²) in [7, 11) is -0.873. The normalized spacial score (nSPS) is 12.2. The van der Waals surface area contributed by atoms with Crippen LogP contribution in [0.4, 0.5) is 16.5 Å². The summed E-state index contributed by atoms with van der Waals surface area (Å²) in [5.41, 5.74) is 2.14. The fraction of sp³-hybridized carbons (Fsp3) is 0.188. The number of thiazole rings is 1. The average molecular weight is 376 g/mol. The van der Waals surface area contributed by atoms with E-state index in [0.717, 1.165) is 10.2 Å². The lowest BCUT2D eigenvalue weighted by atomic mass is 10.1. The Morgan fingerprint density at radius 1 is 1.16 bits per heavy atom. The molecule has 1 heterocycles. The third-order valence-electron chi connectivity index (χ3n) is 3.56. The molecule has 0 aliphatic heterocycles. The van der Waals surface area contributed by atoms with Gasteiger partial charge in [0.05, 0.1) is 10.2 Å². The van der Waals surface area contributed by atoms with E-state index in [1.165, 1.54) is 17.4 Å². The van der Waals surface area contributed by atoms with Gasteiger partial charge in [-0.25, -0.2) is 4.98 Å².